The highest BCUT2D eigenvalue weighted by Crippen LogP contribution is 2.21. The van der Waals surface area contributed by atoms with Crippen LogP contribution in [0.5, 0.6) is 0 Å². The van der Waals surface area contributed by atoms with Crippen LogP contribution >= 0.6 is 0 Å². The Hall–Kier alpha value is -4.25. The molecule has 1 aliphatic rings. The molecular formula is C25H30N10O5S. The number of fused-ring (bicyclic) bond motifs is 1. The Morgan fingerprint density at radius 3 is 2.41 bits per heavy atom. The number of carbonyl (C=O) groups is 1. The molecule has 16 heteroatoms. The van der Waals surface area contributed by atoms with E-state index in [0.29, 0.717) is 29.0 Å². The van der Waals surface area contributed by atoms with Crippen molar-refractivity contribution in [3.63, 3.8) is 0 Å². The summed E-state index contributed by atoms with van der Waals surface area (Å²) in [6, 6.07) is 7.29. The van der Waals surface area contributed by atoms with Crippen LogP contribution in [0.25, 0.3) is 16.7 Å². The Morgan fingerprint density at radius 2 is 1.76 bits per heavy atom. The zero-order valence-electron chi connectivity index (χ0n) is 22.3. The maximum Gasteiger partial charge on any atom is 0.239 e. The summed E-state index contributed by atoms with van der Waals surface area (Å²) in [5.41, 5.74) is 2.35. The lowest BCUT2D eigenvalue weighted by Crippen LogP contribution is -2.39. The first-order valence-electron chi connectivity index (χ1n) is 12.9. The number of aliphatic hydroxyl groups is 2. The first-order valence-corrected chi connectivity index (χ1v) is 14.7. The Bertz CT molecular complexity index is 1610. The van der Waals surface area contributed by atoms with Crippen molar-refractivity contribution >= 4 is 50.2 Å². The Morgan fingerprint density at radius 1 is 1.05 bits per heavy atom. The molecule has 4 N–H and O–H groups in total. The van der Waals surface area contributed by atoms with E-state index in [-0.39, 0.29) is 17.8 Å². The summed E-state index contributed by atoms with van der Waals surface area (Å²) in [6.45, 7) is 1.29. The number of sulfonamides is 1. The SMILES string of the molecule is CS(=O)(=O)N(CC(O)CO)c1ncc(Nc2ncc3cnn(-c4ccc(NC(=O)CN5CCCC5)cc4)c3n2)cn1. The molecule has 41 heavy (non-hydrogen) atoms. The van der Waals surface area contributed by atoms with Gasteiger partial charge in [0.1, 0.15) is 0 Å². The second-order valence-electron chi connectivity index (χ2n) is 9.63. The third kappa shape index (κ3) is 6.91. The van der Waals surface area contributed by atoms with Gasteiger partial charge in [0.05, 0.1) is 67.4 Å². The summed E-state index contributed by atoms with van der Waals surface area (Å²) in [4.78, 5) is 31.5. The standard InChI is InChI=1S/C25H30N10O5S/c1-41(39,40)34(14-21(37)16-36)25-27-12-19(13-28-25)31-24-26-10-17-11-29-35(23(17)32-24)20-6-4-18(5-7-20)30-22(38)15-33-8-2-3-9-33/h4-7,10-13,21,36-37H,2-3,8-9,14-16H2,1H3,(H,30,38)(H,26,31,32). The van der Waals surface area contributed by atoms with Crippen molar-refractivity contribution < 1.29 is 23.4 Å². The number of carbonyl (C=O) groups excluding carboxylic acids is 1. The van der Waals surface area contributed by atoms with Crippen LogP contribution in [0.15, 0.2) is 49.1 Å². The molecule has 1 aromatic carbocycles. The molecule has 0 bridgehead atoms. The van der Waals surface area contributed by atoms with Gasteiger partial charge in [0.15, 0.2) is 5.65 Å². The fourth-order valence-corrected chi connectivity index (χ4v) is 5.19. The molecule has 1 aliphatic heterocycles. The Labute approximate surface area is 235 Å². The zero-order valence-corrected chi connectivity index (χ0v) is 23.1. The molecule has 5 rings (SSSR count). The minimum Gasteiger partial charge on any atom is -0.394 e. The highest BCUT2D eigenvalue weighted by atomic mass is 32.2. The Balaban J connectivity index is 1.29. The lowest BCUT2D eigenvalue weighted by molar-refractivity contribution is -0.117. The van der Waals surface area contributed by atoms with E-state index in [4.69, 9.17) is 5.11 Å². The van der Waals surface area contributed by atoms with Gasteiger partial charge in [-0.2, -0.15) is 10.1 Å². The number of likely N-dealkylation sites (tertiary alicyclic amines) is 1. The average molecular weight is 583 g/mol. The van der Waals surface area contributed by atoms with E-state index in [2.05, 4.69) is 40.6 Å². The summed E-state index contributed by atoms with van der Waals surface area (Å²) < 4.78 is 26.7. The number of aliphatic hydroxyl groups excluding tert-OH is 2. The van der Waals surface area contributed by atoms with Crippen molar-refractivity contribution in [3.05, 3.63) is 49.1 Å². The quantitative estimate of drug-likeness (QED) is 0.192. The normalized spacial score (nSPS) is 14.7. The van der Waals surface area contributed by atoms with E-state index in [1.54, 1.807) is 17.1 Å². The van der Waals surface area contributed by atoms with Gasteiger partial charge < -0.3 is 20.8 Å². The summed E-state index contributed by atoms with van der Waals surface area (Å²) in [6.07, 6.45) is 7.89. The number of aromatic nitrogens is 6. The van der Waals surface area contributed by atoms with Crippen molar-refractivity contribution in [2.24, 2.45) is 0 Å². The smallest absolute Gasteiger partial charge is 0.239 e. The van der Waals surface area contributed by atoms with Crippen LogP contribution in [-0.2, 0) is 14.8 Å². The van der Waals surface area contributed by atoms with Gasteiger partial charge in [-0.15, -0.1) is 0 Å². The van der Waals surface area contributed by atoms with Crippen LogP contribution in [0.1, 0.15) is 12.8 Å². The fourth-order valence-electron chi connectivity index (χ4n) is 4.36. The molecule has 1 atom stereocenters. The number of rotatable bonds is 11. The molecule has 216 valence electrons. The molecule has 0 saturated carbocycles. The first kappa shape index (κ1) is 28.3. The van der Waals surface area contributed by atoms with E-state index in [1.807, 2.05) is 24.3 Å². The molecular weight excluding hydrogens is 552 g/mol. The van der Waals surface area contributed by atoms with Crippen LogP contribution in [0.2, 0.25) is 0 Å². The largest absolute Gasteiger partial charge is 0.394 e. The van der Waals surface area contributed by atoms with Crippen LogP contribution in [0.3, 0.4) is 0 Å². The summed E-state index contributed by atoms with van der Waals surface area (Å²) >= 11 is 0. The van der Waals surface area contributed by atoms with E-state index >= 15 is 0 Å². The average Bonchev–Trinajstić information content (AvgIpc) is 3.62. The number of benzene rings is 1. The molecule has 0 spiro atoms. The topological polar surface area (TPSA) is 192 Å². The fraction of sp³-hybridized carbons (Fsp3) is 0.360. The van der Waals surface area contributed by atoms with Gasteiger partial charge in [-0.05, 0) is 50.2 Å². The zero-order chi connectivity index (χ0) is 29.0. The van der Waals surface area contributed by atoms with E-state index in [1.165, 1.54) is 12.4 Å². The molecule has 4 heterocycles. The van der Waals surface area contributed by atoms with Crippen molar-refractivity contribution in [2.45, 2.75) is 18.9 Å². The lowest BCUT2D eigenvalue weighted by Gasteiger charge is -2.22. The maximum absolute atomic E-state index is 12.3. The van der Waals surface area contributed by atoms with Crippen LogP contribution in [0, 0.1) is 0 Å². The summed E-state index contributed by atoms with van der Waals surface area (Å²) in [5, 5.41) is 29.8. The van der Waals surface area contributed by atoms with Crippen molar-refractivity contribution in [3.8, 4) is 5.69 Å². The molecule has 1 amide bonds. The van der Waals surface area contributed by atoms with Crippen LogP contribution in [-0.4, -0.2) is 104 Å². The molecule has 15 nitrogen and oxygen atoms in total. The van der Waals surface area contributed by atoms with Crippen molar-refractivity contribution in [1.82, 2.24) is 34.6 Å². The van der Waals surface area contributed by atoms with Gasteiger partial charge >= 0.3 is 0 Å². The minimum atomic E-state index is -3.80. The third-order valence-corrected chi connectivity index (χ3v) is 7.49. The van der Waals surface area contributed by atoms with Gasteiger partial charge in [-0.25, -0.2) is 32.4 Å². The molecule has 3 aromatic heterocycles. The second kappa shape index (κ2) is 12.1. The Kier molecular flexibility index (Phi) is 8.34. The van der Waals surface area contributed by atoms with E-state index in [0.717, 1.165) is 42.2 Å². The molecule has 0 aliphatic carbocycles. The number of anilines is 4. The number of nitrogens with one attached hydrogen (secondary N) is 2. The van der Waals surface area contributed by atoms with Crippen molar-refractivity contribution in [2.75, 3.05) is 54.0 Å². The predicted octanol–water partition coefficient (Wildman–Crippen LogP) is 0.503. The van der Waals surface area contributed by atoms with E-state index in [9.17, 15) is 18.3 Å². The molecule has 1 unspecified atom stereocenters. The monoisotopic (exact) mass is 582 g/mol. The van der Waals surface area contributed by atoms with Crippen molar-refractivity contribution in [1.29, 1.82) is 0 Å². The van der Waals surface area contributed by atoms with Gasteiger partial charge in [-0.3, -0.25) is 9.69 Å². The van der Waals surface area contributed by atoms with E-state index < -0.39 is 29.3 Å². The van der Waals surface area contributed by atoms with Gasteiger partial charge in [0.2, 0.25) is 27.8 Å². The highest BCUT2D eigenvalue weighted by Gasteiger charge is 2.23. The van der Waals surface area contributed by atoms with Crippen LogP contribution in [0.4, 0.5) is 23.3 Å². The minimum absolute atomic E-state index is 0.0450. The molecule has 0 radical (unpaired) electrons. The number of nitrogens with zero attached hydrogens (tertiary/aromatic N) is 8. The highest BCUT2D eigenvalue weighted by molar-refractivity contribution is 7.92. The molecule has 1 fully saturated rings. The van der Waals surface area contributed by atoms with Gasteiger partial charge in [0.25, 0.3) is 0 Å². The third-order valence-electron chi connectivity index (χ3n) is 6.38. The first-order chi connectivity index (χ1) is 19.7. The molecule has 4 aromatic rings. The predicted molar refractivity (Wildman–Crippen MR) is 152 cm³/mol. The number of hydrogen-bond donors (Lipinski definition) is 4. The van der Waals surface area contributed by atoms with Crippen LogP contribution < -0.4 is 14.9 Å². The van der Waals surface area contributed by atoms with Gasteiger partial charge in [-0.1, -0.05) is 0 Å². The number of hydrogen-bond acceptors (Lipinski definition) is 12. The number of amides is 1. The summed E-state index contributed by atoms with van der Waals surface area (Å²) in [5.74, 6) is 0.0317. The second-order valence-corrected chi connectivity index (χ2v) is 11.5. The molecule has 1 saturated heterocycles. The summed E-state index contributed by atoms with van der Waals surface area (Å²) in [7, 11) is -3.80. The van der Waals surface area contributed by atoms with Gasteiger partial charge in [0, 0.05) is 11.9 Å². The lowest BCUT2D eigenvalue weighted by atomic mass is 10.2. The maximum atomic E-state index is 12.3.